The molecule has 0 bridgehead atoms. The zero-order valence-corrected chi connectivity index (χ0v) is 18.0. The lowest BCUT2D eigenvalue weighted by Gasteiger charge is -2.13. The van der Waals surface area contributed by atoms with Gasteiger partial charge in [-0.15, -0.1) is 0 Å². The summed E-state index contributed by atoms with van der Waals surface area (Å²) < 4.78 is 15.5. The third-order valence-electron chi connectivity index (χ3n) is 5.24. The number of nitrogens with zero attached hydrogens (tertiary/aromatic N) is 1. The first-order valence-corrected chi connectivity index (χ1v) is 10.4. The number of fused-ring (bicyclic) bond motifs is 1. The van der Waals surface area contributed by atoms with Crippen molar-refractivity contribution in [3.05, 3.63) is 122 Å². The van der Waals surface area contributed by atoms with Crippen LogP contribution in [0.15, 0.2) is 77.7 Å². The zero-order chi connectivity index (χ0) is 23.5. The van der Waals surface area contributed by atoms with Crippen LogP contribution in [0, 0.1) is 5.82 Å². The molecule has 0 fully saturated rings. The standard InChI is InChI=1S/C25H18ClFN2O4/c26-20-8-4-7-17(22(20)27)11-15-9-10-21-18(12-19(25(32)33)24(31)29(21)14-15)13-28-23(30)16-5-2-1-3-6-16/h1-10,12,14H,11,13H2,(H,28,30)(H,32,33). The van der Waals surface area contributed by atoms with Crippen LogP contribution in [0.2, 0.25) is 5.02 Å². The van der Waals surface area contributed by atoms with Gasteiger partial charge in [0, 0.05) is 24.7 Å². The van der Waals surface area contributed by atoms with Gasteiger partial charge in [-0.3, -0.25) is 14.0 Å². The molecule has 2 heterocycles. The van der Waals surface area contributed by atoms with Crippen molar-refractivity contribution in [3.63, 3.8) is 0 Å². The molecular formula is C25H18ClFN2O4. The number of hydrogen-bond donors (Lipinski definition) is 2. The maximum atomic E-state index is 14.3. The van der Waals surface area contributed by atoms with Gasteiger partial charge in [0.05, 0.1) is 10.5 Å². The van der Waals surface area contributed by atoms with Crippen LogP contribution in [0.1, 0.15) is 37.4 Å². The number of halogens is 2. The summed E-state index contributed by atoms with van der Waals surface area (Å²) in [6.07, 6.45) is 1.64. The van der Waals surface area contributed by atoms with E-state index in [9.17, 15) is 23.9 Å². The second-order valence-electron chi connectivity index (χ2n) is 7.42. The number of carboxylic acid groups (broad SMARTS) is 1. The third kappa shape index (κ3) is 4.63. The van der Waals surface area contributed by atoms with Crippen molar-refractivity contribution in [3.8, 4) is 0 Å². The fourth-order valence-corrected chi connectivity index (χ4v) is 3.78. The molecule has 0 atom stereocenters. The highest BCUT2D eigenvalue weighted by molar-refractivity contribution is 6.30. The Morgan fingerprint density at radius 2 is 1.76 bits per heavy atom. The number of aromatic carboxylic acids is 1. The molecule has 4 aromatic rings. The van der Waals surface area contributed by atoms with Gasteiger partial charge in [-0.1, -0.05) is 48.0 Å². The largest absolute Gasteiger partial charge is 0.477 e. The molecule has 0 aliphatic carbocycles. The van der Waals surface area contributed by atoms with Crippen LogP contribution in [-0.2, 0) is 13.0 Å². The lowest BCUT2D eigenvalue weighted by Crippen LogP contribution is -2.27. The molecule has 0 saturated carbocycles. The van der Waals surface area contributed by atoms with Gasteiger partial charge in [0.15, 0.2) is 0 Å². The van der Waals surface area contributed by atoms with Crippen LogP contribution in [0.3, 0.4) is 0 Å². The van der Waals surface area contributed by atoms with Gasteiger partial charge in [0.2, 0.25) is 0 Å². The van der Waals surface area contributed by atoms with E-state index in [1.54, 1.807) is 54.6 Å². The van der Waals surface area contributed by atoms with Crippen molar-refractivity contribution >= 4 is 29.0 Å². The minimum Gasteiger partial charge on any atom is -0.477 e. The molecule has 166 valence electrons. The van der Waals surface area contributed by atoms with Gasteiger partial charge in [-0.25, -0.2) is 9.18 Å². The maximum absolute atomic E-state index is 14.3. The monoisotopic (exact) mass is 464 g/mol. The minimum atomic E-state index is -1.38. The van der Waals surface area contributed by atoms with Crippen LogP contribution >= 0.6 is 11.6 Å². The summed E-state index contributed by atoms with van der Waals surface area (Å²) in [5, 5.41) is 12.3. The maximum Gasteiger partial charge on any atom is 0.341 e. The quantitative estimate of drug-likeness (QED) is 0.445. The van der Waals surface area contributed by atoms with Crippen LogP contribution in [0.25, 0.3) is 5.52 Å². The number of rotatable bonds is 6. The van der Waals surface area contributed by atoms with E-state index >= 15 is 0 Å². The average Bonchev–Trinajstić information content (AvgIpc) is 2.82. The summed E-state index contributed by atoms with van der Waals surface area (Å²) in [6, 6.07) is 17.9. The molecule has 1 amide bonds. The smallest absolute Gasteiger partial charge is 0.341 e. The topological polar surface area (TPSA) is 87.9 Å². The molecule has 33 heavy (non-hydrogen) atoms. The Bertz CT molecular complexity index is 1430. The van der Waals surface area contributed by atoms with Crippen LogP contribution in [0.4, 0.5) is 4.39 Å². The van der Waals surface area contributed by atoms with Crippen molar-refractivity contribution in [2.24, 2.45) is 0 Å². The lowest BCUT2D eigenvalue weighted by atomic mass is 10.0. The molecule has 0 aliphatic rings. The molecule has 2 aromatic carbocycles. The van der Waals surface area contributed by atoms with E-state index in [1.165, 1.54) is 22.7 Å². The van der Waals surface area contributed by atoms with E-state index in [4.69, 9.17) is 11.6 Å². The third-order valence-corrected chi connectivity index (χ3v) is 5.53. The number of carbonyl (C=O) groups is 2. The van der Waals surface area contributed by atoms with Crippen molar-refractivity contribution < 1.29 is 19.1 Å². The first-order valence-electron chi connectivity index (χ1n) is 10.0. The number of benzene rings is 2. The Hall–Kier alpha value is -3.97. The van der Waals surface area contributed by atoms with Crippen LogP contribution in [0.5, 0.6) is 0 Å². The molecule has 8 heteroatoms. The SMILES string of the molecule is O=C(NCc1cc(C(=O)O)c(=O)n2cc(Cc3cccc(Cl)c3F)ccc12)c1ccccc1. The fourth-order valence-electron chi connectivity index (χ4n) is 3.59. The van der Waals surface area contributed by atoms with E-state index < -0.39 is 22.9 Å². The molecule has 6 nitrogen and oxygen atoms in total. The summed E-state index contributed by atoms with van der Waals surface area (Å²) in [7, 11) is 0. The van der Waals surface area contributed by atoms with Crippen LogP contribution in [-0.4, -0.2) is 21.4 Å². The Morgan fingerprint density at radius 3 is 2.48 bits per heavy atom. The van der Waals surface area contributed by atoms with E-state index in [0.29, 0.717) is 27.8 Å². The first kappa shape index (κ1) is 22.2. The Kier molecular flexibility index (Phi) is 6.24. The fraction of sp³-hybridized carbons (Fsp3) is 0.0800. The molecule has 2 N–H and O–H groups in total. The predicted molar refractivity (Wildman–Crippen MR) is 122 cm³/mol. The number of carbonyl (C=O) groups excluding carboxylic acids is 1. The van der Waals surface area contributed by atoms with Gasteiger partial charge in [-0.05, 0) is 47.0 Å². The summed E-state index contributed by atoms with van der Waals surface area (Å²) in [4.78, 5) is 36.9. The van der Waals surface area contributed by atoms with Gasteiger partial charge < -0.3 is 10.4 Å². The molecule has 0 radical (unpaired) electrons. The Morgan fingerprint density at radius 1 is 1.00 bits per heavy atom. The van der Waals surface area contributed by atoms with Gasteiger partial charge in [-0.2, -0.15) is 0 Å². The van der Waals surface area contributed by atoms with Gasteiger partial charge in [0.25, 0.3) is 11.5 Å². The number of aromatic nitrogens is 1. The highest BCUT2D eigenvalue weighted by Gasteiger charge is 2.16. The highest BCUT2D eigenvalue weighted by atomic mass is 35.5. The molecule has 0 saturated heterocycles. The van der Waals surface area contributed by atoms with Gasteiger partial charge >= 0.3 is 5.97 Å². The molecule has 0 aliphatic heterocycles. The van der Waals surface area contributed by atoms with Crippen LogP contribution < -0.4 is 10.9 Å². The minimum absolute atomic E-state index is 0.00457. The molecule has 0 unspecified atom stereocenters. The number of amides is 1. The van der Waals surface area contributed by atoms with E-state index in [0.717, 1.165) is 0 Å². The van der Waals surface area contributed by atoms with Crippen molar-refractivity contribution in [1.82, 2.24) is 9.72 Å². The number of nitrogens with one attached hydrogen (secondary N) is 1. The second kappa shape index (κ2) is 9.26. The number of hydrogen-bond acceptors (Lipinski definition) is 3. The Balaban J connectivity index is 1.72. The van der Waals surface area contributed by atoms with E-state index in [2.05, 4.69) is 5.32 Å². The highest BCUT2D eigenvalue weighted by Crippen LogP contribution is 2.21. The average molecular weight is 465 g/mol. The second-order valence-corrected chi connectivity index (χ2v) is 7.83. The summed E-state index contributed by atoms with van der Waals surface area (Å²) in [6.45, 7) is 0.0139. The normalized spacial score (nSPS) is 10.8. The number of pyridine rings is 2. The predicted octanol–water partition coefficient (Wildman–Crippen LogP) is 4.31. The molecular weight excluding hydrogens is 447 g/mol. The van der Waals surface area contributed by atoms with E-state index in [-0.39, 0.29) is 23.9 Å². The molecule has 4 rings (SSSR count). The lowest BCUT2D eigenvalue weighted by molar-refractivity contribution is 0.0694. The van der Waals surface area contributed by atoms with Crippen molar-refractivity contribution in [1.29, 1.82) is 0 Å². The molecule has 0 spiro atoms. The number of carboxylic acids is 1. The summed E-state index contributed by atoms with van der Waals surface area (Å²) >= 11 is 5.85. The molecule has 2 aromatic heterocycles. The zero-order valence-electron chi connectivity index (χ0n) is 17.2. The summed E-state index contributed by atoms with van der Waals surface area (Å²) in [5.41, 5.74) is 1.14. The Labute approximate surface area is 192 Å². The first-order chi connectivity index (χ1) is 15.8. The van der Waals surface area contributed by atoms with E-state index in [1.807, 2.05) is 0 Å². The van der Waals surface area contributed by atoms with Crippen molar-refractivity contribution in [2.45, 2.75) is 13.0 Å². The van der Waals surface area contributed by atoms with Crippen molar-refractivity contribution in [2.75, 3.05) is 0 Å². The summed E-state index contributed by atoms with van der Waals surface area (Å²) in [5.74, 6) is -2.25. The van der Waals surface area contributed by atoms with Gasteiger partial charge in [0.1, 0.15) is 11.4 Å².